The van der Waals surface area contributed by atoms with Crippen LogP contribution in [0, 0.1) is 0 Å². The molecule has 0 spiro atoms. The molecule has 3 heterocycles. The zero-order valence-electron chi connectivity index (χ0n) is 18.0. The van der Waals surface area contributed by atoms with E-state index >= 15 is 0 Å². The molecular formula is C26H23N5O2. The minimum Gasteiger partial charge on any atom is -0.487 e. The summed E-state index contributed by atoms with van der Waals surface area (Å²) in [5.41, 5.74) is 4.43. The molecule has 33 heavy (non-hydrogen) atoms. The van der Waals surface area contributed by atoms with E-state index in [4.69, 9.17) is 4.74 Å². The molecule has 0 fully saturated rings. The number of hydrogen-bond donors (Lipinski definition) is 1. The van der Waals surface area contributed by atoms with Gasteiger partial charge in [0.2, 0.25) is 0 Å². The summed E-state index contributed by atoms with van der Waals surface area (Å²) in [7, 11) is 0. The molecule has 0 saturated carbocycles. The van der Waals surface area contributed by atoms with Crippen molar-refractivity contribution in [1.82, 2.24) is 24.5 Å². The minimum atomic E-state index is -0.124. The molecule has 2 aromatic carbocycles. The second-order valence-corrected chi connectivity index (χ2v) is 7.64. The second-order valence-electron chi connectivity index (χ2n) is 7.64. The number of ether oxygens (including phenoxy) is 1. The molecule has 0 aliphatic heterocycles. The fourth-order valence-electron chi connectivity index (χ4n) is 3.60. The molecule has 1 amide bonds. The first kappa shape index (κ1) is 20.5. The molecule has 0 bridgehead atoms. The number of aromatic nitrogens is 4. The highest BCUT2D eigenvalue weighted by Crippen LogP contribution is 2.16. The molecule has 5 rings (SSSR count). The van der Waals surface area contributed by atoms with E-state index in [1.807, 2.05) is 76.2 Å². The normalized spacial score (nSPS) is 10.9. The van der Waals surface area contributed by atoms with Gasteiger partial charge in [0, 0.05) is 36.9 Å². The van der Waals surface area contributed by atoms with Crippen LogP contribution in [0.1, 0.15) is 21.6 Å². The van der Waals surface area contributed by atoms with Crippen molar-refractivity contribution in [2.45, 2.75) is 13.0 Å². The van der Waals surface area contributed by atoms with Crippen LogP contribution >= 0.6 is 0 Å². The lowest BCUT2D eigenvalue weighted by Crippen LogP contribution is -2.25. The van der Waals surface area contributed by atoms with Crippen molar-refractivity contribution in [1.29, 1.82) is 0 Å². The number of benzene rings is 2. The zero-order valence-corrected chi connectivity index (χ0v) is 18.0. The van der Waals surface area contributed by atoms with Crippen molar-refractivity contribution in [3.63, 3.8) is 0 Å². The van der Waals surface area contributed by atoms with Gasteiger partial charge in [-0.1, -0.05) is 24.3 Å². The van der Waals surface area contributed by atoms with Crippen LogP contribution in [-0.2, 0) is 13.0 Å². The number of fused-ring (bicyclic) bond motifs is 1. The van der Waals surface area contributed by atoms with Crippen molar-refractivity contribution in [2.24, 2.45) is 0 Å². The fourth-order valence-corrected chi connectivity index (χ4v) is 3.60. The first-order chi connectivity index (χ1) is 16.2. The Morgan fingerprint density at radius 3 is 2.70 bits per heavy atom. The number of pyridine rings is 1. The molecule has 7 heteroatoms. The van der Waals surface area contributed by atoms with Gasteiger partial charge in [0.05, 0.1) is 11.4 Å². The number of rotatable bonds is 8. The van der Waals surface area contributed by atoms with Crippen molar-refractivity contribution < 1.29 is 9.53 Å². The highest BCUT2D eigenvalue weighted by atomic mass is 16.5. The Bertz CT molecular complexity index is 1320. The SMILES string of the molecule is O=C(NCCc1ccc(-n2cccn2)cc1)c1cccc(OCc2cn3ccccc3n2)c1. The molecule has 0 atom stereocenters. The van der Waals surface area contributed by atoms with E-state index in [1.165, 1.54) is 0 Å². The van der Waals surface area contributed by atoms with Crippen LogP contribution in [0.25, 0.3) is 11.3 Å². The molecule has 3 aromatic heterocycles. The van der Waals surface area contributed by atoms with Gasteiger partial charge in [-0.2, -0.15) is 5.10 Å². The summed E-state index contributed by atoms with van der Waals surface area (Å²) in [6, 6.07) is 23.1. The molecule has 0 aliphatic rings. The van der Waals surface area contributed by atoms with Crippen LogP contribution in [0.2, 0.25) is 0 Å². The zero-order chi connectivity index (χ0) is 22.5. The quantitative estimate of drug-likeness (QED) is 0.397. The Balaban J connectivity index is 1.13. The number of amides is 1. The maximum atomic E-state index is 12.6. The Morgan fingerprint density at radius 1 is 0.970 bits per heavy atom. The highest BCUT2D eigenvalue weighted by molar-refractivity contribution is 5.94. The molecule has 0 radical (unpaired) electrons. The number of imidazole rings is 1. The van der Waals surface area contributed by atoms with Gasteiger partial charge in [0.15, 0.2) is 0 Å². The summed E-state index contributed by atoms with van der Waals surface area (Å²) in [4.78, 5) is 17.1. The highest BCUT2D eigenvalue weighted by Gasteiger charge is 2.08. The van der Waals surface area contributed by atoms with Gasteiger partial charge >= 0.3 is 0 Å². The smallest absolute Gasteiger partial charge is 0.251 e. The van der Waals surface area contributed by atoms with Gasteiger partial charge in [-0.15, -0.1) is 0 Å². The lowest BCUT2D eigenvalue weighted by atomic mass is 10.1. The van der Waals surface area contributed by atoms with E-state index in [1.54, 1.807) is 18.3 Å². The van der Waals surface area contributed by atoms with Crippen LogP contribution in [0.4, 0.5) is 0 Å². The predicted octanol–water partition coefficient (Wildman–Crippen LogP) is 4.07. The van der Waals surface area contributed by atoms with Crippen LogP contribution < -0.4 is 10.1 Å². The third kappa shape index (κ3) is 4.93. The van der Waals surface area contributed by atoms with E-state index in [2.05, 4.69) is 27.5 Å². The lowest BCUT2D eigenvalue weighted by Gasteiger charge is -2.09. The number of carbonyl (C=O) groups is 1. The number of hydrogen-bond acceptors (Lipinski definition) is 4. The van der Waals surface area contributed by atoms with Gasteiger partial charge < -0.3 is 14.5 Å². The van der Waals surface area contributed by atoms with E-state index in [0.717, 1.165) is 29.0 Å². The largest absolute Gasteiger partial charge is 0.487 e. The molecule has 7 nitrogen and oxygen atoms in total. The topological polar surface area (TPSA) is 73.5 Å². The van der Waals surface area contributed by atoms with E-state index in [-0.39, 0.29) is 5.91 Å². The summed E-state index contributed by atoms with van der Waals surface area (Å²) < 4.78 is 9.63. The second kappa shape index (κ2) is 9.40. The number of carbonyl (C=O) groups excluding carboxylic acids is 1. The van der Waals surface area contributed by atoms with E-state index in [9.17, 15) is 4.79 Å². The predicted molar refractivity (Wildman–Crippen MR) is 126 cm³/mol. The van der Waals surface area contributed by atoms with Crippen molar-refractivity contribution >= 4 is 11.6 Å². The van der Waals surface area contributed by atoms with Crippen LogP contribution in [0.15, 0.2) is 97.6 Å². The van der Waals surface area contributed by atoms with E-state index < -0.39 is 0 Å². The Morgan fingerprint density at radius 2 is 1.88 bits per heavy atom. The average Bonchev–Trinajstić information content (AvgIpc) is 3.53. The summed E-state index contributed by atoms with van der Waals surface area (Å²) in [6.07, 6.45) is 8.29. The lowest BCUT2D eigenvalue weighted by molar-refractivity contribution is 0.0953. The van der Waals surface area contributed by atoms with Gasteiger partial charge in [-0.25, -0.2) is 9.67 Å². The fraction of sp³-hybridized carbons (Fsp3) is 0.115. The summed E-state index contributed by atoms with van der Waals surface area (Å²) in [5, 5.41) is 7.21. The van der Waals surface area contributed by atoms with Gasteiger partial charge in [-0.3, -0.25) is 4.79 Å². The molecule has 164 valence electrons. The third-order valence-corrected chi connectivity index (χ3v) is 5.30. The van der Waals surface area contributed by atoms with Gasteiger partial charge in [-0.05, 0) is 60.5 Å². The molecule has 0 unspecified atom stereocenters. The average molecular weight is 438 g/mol. The monoisotopic (exact) mass is 437 g/mol. The summed E-state index contributed by atoms with van der Waals surface area (Å²) >= 11 is 0. The van der Waals surface area contributed by atoms with Gasteiger partial charge in [0.25, 0.3) is 5.91 Å². The molecule has 1 N–H and O–H groups in total. The number of nitrogens with one attached hydrogen (secondary N) is 1. The molecule has 0 aliphatic carbocycles. The molecule has 5 aromatic rings. The Labute approximate surface area is 191 Å². The van der Waals surface area contributed by atoms with Gasteiger partial charge in [0.1, 0.15) is 18.0 Å². The Kier molecular flexibility index (Phi) is 5.84. The maximum absolute atomic E-state index is 12.6. The van der Waals surface area contributed by atoms with Crippen LogP contribution in [-0.4, -0.2) is 31.6 Å². The van der Waals surface area contributed by atoms with Crippen molar-refractivity contribution in [3.05, 3.63) is 114 Å². The molecular weight excluding hydrogens is 414 g/mol. The minimum absolute atomic E-state index is 0.124. The Hall–Kier alpha value is -4.39. The summed E-state index contributed by atoms with van der Waals surface area (Å²) in [6.45, 7) is 0.883. The van der Waals surface area contributed by atoms with Crippen molar-refractivity contribution in [2.75, 3.05) is 6.54 Å². The van der Waals surface area contributed by atoms with E-state index in [0.29, 0.717) is 24.5 Å². The maximum Gasteiger partial charge on any atom is 0.251 e. The summed E-state index contributed by atoms with van der Waals surface area (Å²) in [5.74, 6) is 0.509. The first-order valence-corrected chi connectivity index (χ1v) is 10.8. The molecule has 0 saturated heterocycles. The van der Waals surface area contributed by atoms with Crippen LogP contribution in [0.5, 0.6) is 5.75 Å². The standard InChI is InChI=1S/C26H23N5O2/c32-26(27-14-12-20-8-10-23(11-9-20)31-16-4-13-28-31)21-5-3-6-24(17-21)33-19-22-18-30-15-2-1-7-25(30)29-22/h1-11,13,15-18H,12,14,19H2,(H,27,32). The third-order valence-electron chi connectivity index (χ3n) is 5.30. The van der Waals surface area contributed by atoms with Crippen molar-refractivity contribution in [3.8, 4) is 11.4 Å². The number of nitrogens with zero attached hydrogens (tertiary/aromatic N) is 4. The first-order valence-electron chi connectivity index (χ1n) is 10.8. The van der Waals surface area contributed by atoms with Crippen LogP contribution in [0.3, 0.4) is 0 Å².